The van der Waals surface area contributed by atoms with E-state index in [1.807, 2.05) is 0 Å². The first-order valence-corrected chi connectivity index (χ1v) is 10.4. The van der Waals surface area contributed by atoms with Gasteiger partial charge in [-0.05, 0) is 42.3 Å². The number of nitrogens with zero attached hydrogens (tertiary/aromatic N) is 1. The number of hydrogen-bond donors (Lipinski definition) is 3. The fourth-order valence-electron chi connectivity index (χ4n) is 5.29. The summed E-state index contributed by atoms with van der Waals surface area (Å²) in [5.74, 6) is -6.11. The van der Waals surface area contributed by atoms with Crippen molar-refractivity contribution >= 4 is 29.4 Å². The summed E-state index contributed by atoms with van der Waals surface area (Å²) in [5, 5.41) is 14.9. The van der Waals surface area contributed by atoms with Crippen molar-refractivity contribution in [3.8, 4) is 0 Å². The van der Waals surface area contributed by atoms with Crippen molar-refractivity contribution in [2.24, 2.45) is 11.8 Å². The van der Waals surface area contributed by atoms with Crippen LogP contribution in [0, 0.1) is 23.5 Å². The van der Waals surface area contributed by atoms with Gasteiger partial charge in [-0.1, -0.05) is 12.1 Å². The molecule has 8 nitrogen and oxygen atoms in total. The number of carboxylic acid groups (broad SMARTS) is 1. The van der Waals surface area contributed by atoms with Crippen LogP contribution in [-0.2, 0) is 31.3 Å². The molecule has 0 saturated carbocycles. The van der Waals surface area contributed by atoms with Gasteiger partial charge in [0, 0.05) is 23.7 Å². The molecule has 10 heteroatoms. The summed E-state index contributed by atoms with van der Waals surface area (Å²) in [6.45, 7) is -0.121. The van der Waals surface area contributed by atoms with Crippen LogP contribution in [0.1, 0.15) is 24.0 Å². The van der Waals surface area contributed by atoms with E-state index in [0.29, 0.717) is 11.3 Å². The molecule has 2 saturated heterocycles. The fraction of sp³-hybridized carbons (Fsp3) is 0.304. The molecule has 0 aliphatic carbocycles. The maximum Gasteiger partial charge on any atom is 0.303 e. The second kappa shape index (κ2) is 7.45. The zero-order valence-corrected chi connectivity index (χ0v) is 17.2. The number of rotatable bonds is 5. The summed E-state index contributed by atoms with van der Waals surface area (Å²) in [5.41, 5.74) is -0.645. The highest BCUT2D eigenvalue weighted by molar-refractivity contribution is 6.15. The van der Waals surface area contributed by atoms with Gasteiger partial charge in [-0.3, -0.25) is 29.4 Å². The molecule has 2 aromatic rings. The summed E-state index contributed by atoms with van der Waals surface area (Å²) in [6, 6.07) is 8.25. The normalized spacial score (nSPS) is 27.8. The predicted octanol–water partition coefficient (Wildman–Crippen LogP) is 1.75. The zero-order valence-electron chi connectivity index (χ0n) is 17.2. The smallest absolute Gasteiger partial charge is 0.303 e. The van der Waals surface area contributed by atoms with Gasteiger partial charge in [-0.15, -0.1) is 0 Å². The van der Waals surface area contributed by atoms with E-state index in [1.165, 1.54) is 36.4 Å². The average molecular weight is 455 g/mol. The van der Waals surface area contributed by atoms with E-state index in [1.54, 1.807) is 0 Å². The zero-order chi connectivity index (χ0) is 23.5. The molecule has 2 aromatic carbocycles. The van der Waals surface area contributed by atoms with Crippen molar-refractivity contribution < 1.29 is 33.1 Å². The number of benzene rings is 2. The second-order valence-electron chi connectivity index (χ2n) is 8.53. The van der Waals surface area contributed by atoms with Gasteiger partial charge in [-0.2, -0.15) is 0 Å². The number of carbonyl (C=O) groups excluding carboxylic acids is 3. The van der Waals surface area contributed by atoms with Gasteiger partial charge >= 0.3 is 5.97 Å². The lowest BCUT2D eigenvalue weighted by molar-refractivity contribution is -0.144. The standard InChI is InChI=1S/C23H19F2N3O5/c24-12-3-1-11(2-4-12)10-28-20(31)18-16(7-8-17(29)30)27-23(19(18)21(28)32)14-9-13(25)5-6-15(14)26-22(23)33/h1-6,9,16,18-19,27H,7-8,10H2,(H,26,33)(H,29,30)/t16-,18-,19+,23-/m1/s1. The predicted molar refractivity (Wildman–Crippen MR) is 109 cm³/mol. The van der Waals surface area contributed by atoms with Crippen molar-refractivity contribution in [3.05, 3.63) is 65.2 Å². The maximum atomic E-state index is 14.2. The second-order valence-corrected chi connectivity index (χ2v) is 8.53. The van der Waals surface area contributed by atoms with Gasteiger partial charge in [0.25, 0.3) is 0 Å². The fourth-order valence-corrected chi connectivity index (χ4v) is 5.29. The van der Waals surface area contributed by atoms with Gasteiger partial charge in [0.05, 0.1) is 18.4 Å². The number of carbonyl (C=O) groups is 4. The first-order chi connectivity index (χ1) is 15.7. The third-order valence-electron chi connectivity index (χ3n) is 6.69. The number of amides is 3. The number of likely N-dealkylation sites (tertiary alicyclic amines) is 1. The molecule has 5 rings (SSSR count). The van der Waals surface area contributed by atoms with E-state index in [9.17, 15) is 28.0 Å². The van der Waals surface area contributed by atoms with Crippen molar-refractivity contribution in [3.63, 3.8) is 0 Å². The van der Waals surface area contributed by atoms with Crippen LogP contribution < -0.4 is 10.6 Å². The quantitative estimate of drug-likeness (QED) is 0.592. The van der Waals surface area contributed by atoms with Gasteiger partial charge in [0.1, 0.15) is 17.2 Å². The molecule has 3 aliphatic rings. The molecule has 3 aliphatic heterocycles. The lowest BCUT2D eigenvalue weighted by Gasteiger charge is -2.29. The number of halogens is 2. The highest BCUT2D eigenvalue weighted by Crippen LogP contribution is 2.53. The van der Waals surface area contributed by atoms with Crippen molar-refractivity contribution in [2.45, 2.75) is 31.0 Å². The molecule has 1 spiro atoms. The summed E-state index contributed by atoms with van der Waals surface area (Å²) in [6.07, 6.45) is -0.284. The largest absolute Gasteiger partial charge is 0.481 e. The van der Waals surface area contributed by atoms with Crippen molar-refractivity contribution in [1.82, 2.24) is 10.2 Å². The SMILES string of the molecule is O=C(O)CC[C@H]1N[C@@]2(C(=O)Nc3ccc(F)cc32)[C@@H]2C(=O)N(Cc3ccc(F)cc3)C(=O)[C@@H]21. The van der Waals surface area contributed by atoms with E-state index in [0.717, 1.165) is 11.0 Å². The first-order valence-electron chi connectivity index (χ1n) is 10.4. The lowest BCUT2D eigenvalue weighted by Crippen LogP contribution is -2.53. The molecule has 3 amide bonds. The minimum atomic E-state index is -1.70. The molecular weight excluding hydrogens is 436 g/mol. The van der Waals surface area contributed by atoms with E-state index in [-0.39, 0.29) is 24.9 Å². The van der Waals surface area contributed by atoms with Crippen LogP contribution in [0.5, 0.6) is 0 Å². The minimum absolute atomic E-state index is 0.000409. The Kier molecular flexibility index (Phi) is 4.78. The van der Waals surface area contributed by atoms with Crippen LogP contribution >= 0.6 is 0 Å². The Balaban J connectivity index is 1.58. The van der Waals surface area contributed by atoms with E-state index < -0.39 is 58.7 Å². The molecule has 0 aromatic heterocycles. The number of nitrogens with one attached hydrogen (secondary N) is 2. The minimum Gasteiger partial charge on any atom is -0.481 e. The Morgan fingerprint density at radius 2 is 1.73 bits per heavy atom. The summed E-state index contributed by atoms with van der Waals surface area (Å²) < 4.78 is 27.4. The molecule has 3 N–H and O–H groups in total. The summed E-state index contributed by atoms with van der Waals surface area (Å²) in [7, 11) is 0. The number of imide groups is 1. The van der Waals surface area contributed by atoms with Crippen LogP contribution in [-0.4, -0.2) is 39.7 Å². The van der Waals surface area contributed by atoms with Gasteiger partial charge in [0.15, 0.2) is 0 Å². The van der Waals surface area contributed by atoms with Gasteiger partial charge < -0.3 is 10.4 Å². The third kappa shape index (κ3) is 3.12. The lowest BCUT2D eigenvalue weighted by atomic mass is 9.76. The molecule has 0 unspecified atom stereocenters. The molecule has 170 valence electrons. The molecule has 0 bridgehead atoms. The van der Waals surface area contributed by atoms with Crippen LogP contribution in [0.15, 0.2) is 42.5 Å². The molecular formula is C23H19F2N3O5. The molecule has 33 heavy (non-hydrogen) atoms. The Morgan fingerprint density at radius 1 is 1.03 bits per heavy atom. The van der Waals surface area contributed by atoms with Gasteiger partial charge in [-0.25, -0.2) is 8.78 Å². The molecule has 0 radical (unpaired) electrons. The van der Waals surface area contributed by atoms with E-state index >= 15 is 0 Å². The number of hydrogen-bond acceptors (Lipinski definition) is 5. The number of anilines is 1. The van der Waals surface area contributed by atoms with Gasteiger partial charge in [0.2, 0.25) is 17.7 Å². The topological polar surface area (TPSA) is 116 Å². The Bertz CT molecular complexity index is 1200. The Hall–Kier alpha value is -3.66. The summed E-state index contributed by atoms with van der Waals surface area (Å²) in [4.78, 5) is 52.4. The third-order valence-corrected chi connectivity index (χ3v) is 6.69. The monoisotopic (exact) mass is 455 g/mol. The van der Waals surface area contributed by atoms with E-state index in [2.05, 4.69) is 10.6 Å². The van der Waals surface area contributed by atoms with Crippen molar-refractivity contribution in [2.75, 3.05) is 5.32 Å². The molecule has 3 heterocycles. The Morgan fingerprint density at radius 3 is 2.42 bits per heavy atom. The number of carboxylic acids is 1. The number of fused-ring (bicyclic) bond motifs is 4. The van der Waals surface area contributed by atoms with Crippen LogP contribution in [0.4, 0.5) is 14.5 Å². The highest BCUT2D eigenvalue weighted by atomic mass is 19.1. The highest BCUT2D eigenvalue weighted by Gasteiger charge is 2.70. The first kappa shape index (κ1) is 21.2. The van der Waals surface area contributed by atoms with Crippen LogP contribution in [0.2, 0.25) is 0 Å². The average Bonchev–Trinajstić information content (AvgIpc) is 3.34. The maximum absolute atomic E-state index is 14.2. The number of aliphatic carboxylic acids is 1. The summed E-state index contributed by atoms with van der Waals surface area (Å²) >= 11 is 0. The molecule has 4 atom stereocenters. The Labute approximate surface area is 186 Å². The van der Waals surface area contributed by atoms with Crippen molar-refractivity contribution in [1.29, 1.82) is 0 Å². The molecule has 2 fully saturated rings. The van der Waals surface area contributed by atoms with Crippen LogP contribution in [0.3, 0.4) is 0 Å². The van der Waals surface area contributed by atoms with E-state index in [4.69, 9.17) is 5.11 Å². The van der Waals surface area contributed by atoms with Crippen LogP contribution in [0.25, 0.3) is 0 Å².